The molecule has 0 aliphatic carbocycles. The van der Waals surface area contributed by atoms with E-state index in [-0.39, 0.29) is 23.7 Å². The summed E-state index contributed by atoms with van der Waals surface area (Å²) in [4.78, 5) is 30.5. The Kier molecular flexibility index (Phi) is 6.65. The van der Waals surface area contributed by atoms with Crippen molar-refractivity contribution in [3.05, 3.63) is 59.2 Å². The third kappa shape index (κ3) is 4.43. The van der Waals surface area contributed by atoms with Crippen molar-refractivity contribution in [2.45, 2.75) is 12.8 Å². The van der Waals surface area contributed by atoms with Gasteiger partial charge in [-0.25, -0.2) is 0 Å². The minimum atomic E-state index is -0.358. The fourth-order valence-electron chi connectivity index (χ4n) is 4.56. The molecule has 0 aromatic heterocycles. The first-order valence-corrected chi connectivity index (χ1v) is 11.0. The highest BCUT2D eigenvalue weighted by atomic mass is 16.5. The van der Waals surface area contributed by atoms with Crippen molar-refractivity contribution in [3.63, 3.8) is 0 Å². The first-order valence-electron chi connectivity index (χ1n) is 11.0. The van der Waals surface area contributed by atoms with Crippen LogP contribution in [0.1, 0.15) is 27.4 Å². The Hall–Kier alpha value is -3.06. The van der Waals surface area contributed by atoms with Crippen LogP contribution in [0.5, 0.6) is 11.5 Å². The molecule has 0 bridgehead atoms. The van der Waals surface area contributed by atoms with E-state index in [9.17, 15) is 9.59 Å². The fraction of sp³-hybridized carbons (Fsp3) is 0.440. The number of nitrogens with zero attached hydrogens (tertiary/aromatic N) is 2. The Morgan fingerprint density at radius 2 is 1.66 bits per heavy atom. The molecule has 2 aliphatic rings. The second-order valence-electron chi connectivity index (χ2n) is 8.33. The molecule has 0 unspecified atom stereocenters. The van der Waals surface area contributed by atoms with E-state index in [4.69, 9.17) is 14.2 Å². The van der Waals surface area contributed by atoms with E-state index < -0.39 is 0 Å². The molecule has 2 amide bonds. The zero-order chi connectivity index (χ0) is 22.7. The molecule has 2 fully saturated rings. The van der Waals surface area contributed by atoms with E-state index in [0.717, 1.165) is 11.1 Å². The highest BCUT2D eigenvalue weighted by Gasteiger charge is 2.43. The van der Waals surface area contributed by atoms with Crippen LogP contribution < -0.4 is 9.47 Å². The van der Waals surface area contributed by atoms with Crippen molar-refractivity contribution in [1.29, 1.82) is 0 Å². The molecule has 170 valence electrons. The van der Waals surface area contributed by atoms with E-state index in [0.29, 0.717) is 56.5 Å². The maximum atomic E-state index is 13.5. The van der Waals surface area contributed by atoms with Gasteiger partial charge >= 0.3 is 0 Å². The number of hydrogen-bond acceptors (Lipinski definition) is 5. The number of likely N-dealkylation sites (tertiary alicyclic amines) is 1. The van der Waals surface area contributed by atoms with Gasteiger partial charge in [-0.2, -0.15) is 0 Å². The Balaban J connectivity index is 1.67. The average Bonchev–Trinajstić information content (AvgIpc) is 3.29. The lowest BCUT2D eigenvalue weighted by Crippen LogP contribution is -2.45. The second kappa shape index (κ2) is 9.61. The third-order valence-electron chi connectivity index (χ3n) is 6.38. The smallest absolute Gasteiger partial charge is 0.253 e. The SMILES string of the molecule is COc1ccc(OC)c([C@H]2CN(C(=O)c3ccc(C)cc3)C[C@H]2C(=O)N2CCOCC2)c1. The highest BCUT2D eigenvalue weighted by Crippen LogP contribution is 2.40. The molecule has 7 heteroatoms. The van der Waals surface area contributed by atoms with Gasteiger partial charge in [0.25, 0.3) is 5.91 Å². The van der Waals surface area contributed by atoms with Gasteiger partial charge in [-0.05, 0) is 37.3 Å². The van der Waals surface area contributed by atoms with Crippen LogP contribution in [0.3, 0.4) is 0 Å². The minimum absolute atomic E-state index is 0.0578. The Morgan fingerprint density at radius 1 is 0.938 bits per heavy atom. The molecule has 2 aromatic rings. The maximum Gasteiger partial charge on any atom is 0.253 e. The topological polar surface area (TPSA) is 68.3 Å². The monoisotopic (exact) mass is 438 g/mol. The standard InChI is InChI=1S/C25H30N2O5/c1-17-4-6-18(7-5-17)24(28)27-15-21(20-14-19(30-2)8-9-23(20)31-3)22(16-27)25(29)26-10-12-32-13-11-26/h4-9,14,21-22H,10-13,15-16H2,1-3H3/t21-,22-/m1/s1. The third-order valence-corrected chi connectivity index (χ3v) is 6.38. The molecule has 0 N–H and O–H groups in total. The summed E-state index contributed by atoms with van der Waals surface area (Å²) >= 11 is 0. The average molecular weight is 439 g/mol. The summed E-state index contributed by atoms with van der Waals surface area (Å²) in [7, 11) is 3.23. The van der Waals surface area contributed by atoms with Crippen molar-refractivity contribution in [3.8, 4) is 11.5 Å². The van der Waals surface area contributed by atoms with Gasteiger partial charge in [0, 0.05) is 43.2 Å². The lowest BCUT2D eigenvalue weighted by molar-refractivity contribution is -0.139. The number of aryl methyl sites for hydroxylation is 1. The van der Waals surface area contributed by atoms with Crippen molar-refractivity contribution < 1.29 is 23.8 Å². The van der Waals surface area contributed by atoms with Gasteiger partial charge in [0.2, 0.25) is 5.91 Å². The summed E-state index contributed by atoms with van der Waals surface area (Å²) in [5, 5.41) is 0. The van der Waals surface area contributed by atoms with Gasteiger partial charge in [-0.1, -0.05) is 17.7 Å². The van der Waals surface area contributed by atoms with Crippen LogP contribution in [0, 0.1) is 12.8 Å². The molecule has 0 spiro atoms. The number of carbonyl (C=O) groups excluding carboxylic acids is 2. The van der Waals surface area contributed by atoms with E-state index in [1.54, 1.807) is 19.1 Å². The van der Waals surface area contributed by atoms with Crippen LogP contribution >= 0.6 is 0 Å². The molecule has 2 aliphatic heterocycles. The Morgan fingerprint density at radius 3 is 2.31 bits per heavy atom. The summed E-state index contributed by atoms with van der Waals surface area (Å²) in [5.74, 6) is 0.840. The second-order valence-corrected chi connectivity index (χ2v) is 8.33. The summed E-state index contributed by atoms with van der Waals surface area (Å²) in [5.41, 5.74) is 2.62. The van der Waals surface area contributed by atoms with E-state index >= 15 is 0 Å². The van der Waals surface area contributed by atoms with Crippen LogP contribution in [-0.2, 0) is 9.53 Å². The zero-order valence-corrected chi connectivity index (χ0v) is 18.9. The van der Waals surface area contributed by atoms with Crippen molar-refractivity contribution in [1.82, 2.24) is 9.80 Å². The van der Waals surface area contributed by atoms with E-state index in [2.05, 4.69) is 0 Å². The largest absolute Gasteiger partial charge is 0.497 e. The van der Waals surface area contributed by atoms with Crippen molar-refractivity contribution in [2.24, 2.45) is 5.92 Å². The number of methoxy groups -OCH3 is 2. The van der Waals surface area contributed by atoms with Gasteiger partial charge in [0.1, 0.15) is 11.5 Å². The van der Waals surface area contributed by atoms with Crippen LogP contribution in [0.15, 0.2) is 42.5 Å². The van der Waals surface area contributed by atoms with E-state index in [1.807, 2.05) is 54.3 Å². The van der Waals surface area contributed by atoms with Gasteiger partial charge in [-0.15, -0.1) is 0 Å². The van der Waals surface area contributed by atoms with Crippen LogP contribution in [-0.4, -0.2) is 75.2 Å². The first-order chi connectivity index (χ1) is 15.5. The lowest BCUT2D eigenvalue weighted by Gasteiger charge is -2.31. The van der Waals surface area contributed by atoms with Crippen LogP contribution in [0.25, 0.3) is 0 Å². The number of rotatable bonds is 5. The molecule has 2 atom stereocenters. The molecule has 0 radical (unpaired) electrons. The summed E-state index contributed by atoms with van der Waals surface area (Å²) in [6.07, 6.45) is 0. The van der Waals surface area contributed by atoms with Crippen molar-refractivity contribution >= 4 is 11.8 Å². The van der Waals surface area contributed by atoms with Gasteiger partial charge in [-0.3, -0.25) is 9.59 Å². The number of benzene rings is 2. The van der Waals surface area contributed by atoms with Crippen LogP contribution in [0.2, 0.25) is 0 Å². The number of amides is 2. The van der Waals surface area contributed by atoms with E-state index in [1.165, 1.54) is 0 Å². The molecule has 7 nitrogen and oxygen atoms in total. The zero-order valence-electron chi connectivity index (χ0n) is 18.9. The molecule has 0 saturated carbocycles. The van der Waals surface area contributed by atoms with Gasteiger partial charge in [0.05, 0.1) is 33.4 Å². The molecule has 2 aromatic carbocycles. The van der Waals surface area contributed by atoms with Gasteiger partial charge < -0.3 is 24.0 Å². The van der Waals surface area contributed by atoms with Gasteiger partial charge in [0.15, 0.2) is 0 Å². The number of carbonyl (C=O) groups is 2. The van der Waals surface area contributed by atoms with Crippen molar-refractivity contribution in [2.75, 3.05) is 53.6 Å². The number of morpholine rings is 1. The first kappa shape index (κ1) is 22.1. The molecule has 4 rings (SSSR count). The number of hydrogen-bond donors (Lipinski definition) is 0. The summed E-state index contributed by atoms with van der Waals surface area (Å²) < 4.78 is 16.5. The molecular weight excluding hydrogens is 408 g/mol. The molecule has 2 heterocycles. The highest BCUT2D eigenvalue weighted by molar-refractivity contribution is 5.95. The summed E-state index contributed by atoms with van der Waals surface area (Å²) in [6.45, 7) is 5.03. The lowest BCUT2D eigenvalue weighted by atomic mass is 9.87. The summed E-state index contributed by atoms with van der Waals surface area (Å²) in [6, 6.07) is 13.2. The quantitative estimate of drug-likeness (QED) is 0.718. The predicted octanol–water partition coefficient (Wildman–Crippen LogP) is 2.73. The molecule has 2 saturated heterocycles. The predicted molar refractivity (Wildman–Crippen MR) is 120 cm³/mol. The number of ether oxygens (including phenoxy) is 3. The Labute approximate surface area is 188 Å². The molecule has 32 heavy (non-hydrogen) atoms. The normalized spacial score (nSPS) is 20.8. The Bertz CT molecular complexity index is 969. The minimum Gasteiger partial charge on any atom is -0.497 e. The van der Waals surface area contributed by atoms with Crippen LogP contribution in [0.4, 0.5) is 0 Å². The fourth-order valence-corrected chi connectivity index (χ4v) is 4.56. The maximum absolute atomic E-state index is 13.5. The molecular formula is C25H30N2O5.